The largest absolute Gasteiger partial charge is 0.347 e. The van der Waals surface area contributed by atoms with Crippen molar-refractivity contribution in [3.8, 4) is 0 Å². The minimum Gasteiger partial charge on any atom is -0.347 e. The molecule has 0 saturated carbocycles. The van der Waals surface area contributed by atoms with Crippen LogP contribution < -0.4 is 0 Å². The van der Waals surface area contributed by atoms with Crippen molar-refractivity contribution in [2.45, 2.75) is 26.3 Å². The molecule has 0 N–H and O–H groups in total. The van der Waals surface area contributed by atoms with Crippen molar-refractivity contribution in [3.05, 3.63) is 35.9 Å². The van der Waals surface area contributed by atoms with E-state index in [4.69, 9.17) is 0 Å². The molecule has 0 radical (unpaired) electrons. The monoisotopic (exact) mass is 248 g/mol. The van der Waals surface area contributed by atoms with Crippen molar-refractivity contribution >= 4 is 6.41 Å². The number of benzene rings is 1. The predicted octanol–water partition coefficient (Wildman–Crippen LogP) is 2.33. The molecule has 0 atom stereocenters. The van der Waals surface area contributed by atoms with Gasteiger partial charge < -0.3 is 4.90 Å². The fraction of sp³-hybridized carbons (Fsp3) is 0.533. The van der Waals surface area contributed by atoms with E-state index in [-0.39, 0.29) is 5.54 Å². The molecule has 0 aliphatic carbocycles. The van der Waals surface area contributed by atoms with Crippen LogP contribution in [0.3, 0.4) is 0 Å². The van der Waals surface area contributed by atoms with E-state index in [1.807, 2.05) is 13.1 Å². The Hall–Kier alpha value is -1.35. The van der Waals surface area contributed by atoms with Gasteiger partial charge >= 0.3 is 0 Å². The summed E-state index contributed by atoms with van der Waals surface area (Å²) in [6.07, 6.45) is 0.878. The Balaban J connectivity index is 2.77. The Bertz CT molecular complexity index is 362. The zero-order valence-electron chi connectivity index (χ0n) is 11.9. The summed E-state index contributed by atoms with van der Waals surface area (Å²) in [7, 11) is 1.82. The van der Waals surface area contributed by atoms with Gasteiger partial charge in [0, 0.05) is 25.7 Å². The van der Waals surface area contributed by atoms with Gasteiger partial charge in [-0.1, -0.05) is 37.3 Å². The molecule has 3 nitrogen and oxygen atoms in total. The summed E-state index contributed by atoms with van der Waals surface area (Å²) in [6, 6.07) is 10.5. The summed E-state index contributed by atoms with van der Waals surface area (Å²) in [5.74, 6) is 0. The molecule has 1 rings (SSSR count). The first kappa shape index (κ1) is 14.7. The first-order valence-corrected chi connectivity index (χ1v) is 6.48. The van der Waals surface area contributed by atoms with Crippen LogP contribution in [-0.4, -0.2) is 42.9 Å². The highest BCUT2D eigenvalue weighted by Gasteiger charge is 2.27. The lowest BCUT2D eigenvalue weighted by Crippen LogP contribution is -2.44. The van der Waals surface area contributed by atoms with E-state index in [0.717, 1.165) is 26.0 Å². The maximum Gasteiger partial charge on any atom is 0.209 e. The van der Waals surface area contributed by atoms with Crippen LogP contribution in [0.1, 0.15) is 26.3 Å². The average molecular weight is 248 g/mol. The number of amides is 1. The molecule has 1 amide bonds. The molecule has 0 heterocycles. The third-order valence-corrected chi connectivity index (χ3v) is 3.56. The minimum absolute atomic E-state index is 0.0142. The molecule has 0 aliphatic rings. The molecule has 3 heteroatoms. The van der Waals surface area contributed by atoms with Crippen LogP contribution in [0.4, 0.5) is 0 Å². The summed E-state index contributed by atoms with van der Waals surface area (Å²) in [5.41, 5.74) is 1.29. The summed E-state index contributed by atoms with van der Waals surface area (Å²) in [4.78, 5) is 14.7. The number of hydrogen-bond donors (Lipinski definition) is 0. The molecule has 0 aliphatic heterocycles. The summed E-state index contributed by atoms with van der Waals surface area (Å²) in [5, 5.41) is 0. The van der Waals surface area contributed by atoms with Gasteiger partial charge in [-0.2, -0.15) is 0 Å². The molecule has 0 unspecified atom stereocenters. The Morgan fingerprint density at radius 2 is 1.78 bits per heavy atom. The van der Waals surface area contributed by atoms with E-state index in [1.54, 1.807) is 4.90 Å². The van der Waals surface area contributed by atoms with Crippen LogP contribution in [0.5, 0.6) is 0 Å². The van der Waals surface area contributed by atoms with Crippen molar-refractivity contribution in [2.75, 3.05) is 26.7 Å². The van der Waals surface area contributed by atoms with Gasteiger partial charge in [0.25, 0.3) is 0 Å². The molecule has 0 saturated heterocycles. The van der Waals surface area contributed by atoms with Crippen LogP contribution in [-0.2, 0) is 10.3 Å². The zero-order chi connectivity index (χ0) is 13.6. The first-order chi connectivity index (χ1) is 8.52. The number of nitrogens with zero attached hydrogens (tertiary/aromatic N) is 2. The lowest BCUT2D eigenvalue weighted by atomic mass is 9.92. The molecule has 0 aromatic heterocycles. The van der Waals surface area contributed by atoms with Gasteiger partial charge in [-0.15, -0.1) is 0 Å². The fourth-order valence-corrected chi connectivity index (χ4v) is 2.19. The van der Waals surface area contributed by atoms with Crippen molar-refractivity contribution in [2.24, 2.45) is 0 Å². The van der Waals surface area contributed by atoms with Crippen molar-refractivity contribution in [3.63, 3.8) is 0 Å². The third-order valence-electron chi connectivity index (χ3n) is 3.56. The van der Waals surface area contributed by atoms with Gasteiger partial charge in [-0.25, -0.2) is 0 Å². The van der Waals surface area contributed by atoms with Crippen LogP contribution in [0, 0.1) is 0 Å². The molecule has 0 spiro atoms. The lowest BCUT2D eigenvalue weighted by Gasteiger charge is -2.39. The Kier molecular flexibility index (Phi) is 5.35. The molecule has 1 aromatic carbocycles. The number of carbonyl (C=O) groups is 1. The molecule has 1 aromatic rings. The van der Waals surface area contributed by atoms with E-state index < -0.39 is 0 Å². The fourth-order valence-electron chi connectivity index (χ4n) is 2.19. The standard InChI is InChI=1S/C15H24N2O/c1-5-17(12-11-16(4)13-18)15(2,3)14-9-7-6-8-10-14/h6-10,13H,5,11-12H2,1-4H3. The van der Waals surface area contributed by atoms with Crippen molar-refractivity contribution < 1.29 is 4.79 Å². The molecule has 0 fully saturated rings. The topological polar surface area (TPSA) is 23.6 Å². The summed E-state index contributed by atoms with van der Waals surface area (Å²) in [6.45, 7) is 9.22. The van der Waals surface area contributed by atoms with Gasteiger partial charge in [0.05, 0.1) is 0 Å². The Morgan fingerprint density at radius 3 is 2.28 bits per heavy atom. The lowest BCUT2D eigenvalue weighted by molar-refractivity contribution is -0.117. The molecular formula is C15H24N2O. The first-order valence-electron chi connectivity index (χ1n) is 6.48. The Labute approximate surface area is 110 Å². The number of hydrogen-bond acceptors (Lipinski definition) is 2. The SMILES string of the molecule is CCN(CCN(C)C=O)C(C)(C)c1ccccc1. The van der Waals surface area contributed by atoms with Gasteiger partial charge in [0.2, 0.25) is 6.41 Å². The minimum atomic E-state index is -0.0142. The second kappa shape index (κ2) is 6.55. The third kappa shape index (κ3) is 3.57. The highest BCUT2D eigenvalue weighted by Crippen LogP contribution is 2.26. The zero-order valence-corrected chi connectivity index (χ0v) is 11.9. The van der Waals surface area contributed by atoms with Crippen LogP contribution in [0.25, 0.3) is 0 Å². The number of likely N-dealkylation sites (N-methyl/N-ethyl adjacent to an activating group) is 2. The van der Waals surface area contributed by atoms with Crippen molar-refractivity contribution in [1.82, 2.24) is 9.80 Å². The van der Waals surface area contributed by atoms with E-state index in [1.165, 1.54) is 5.56 Å². The molecule has 18 heavy (non-hydrogen) atoms. The van der Waals surface area contributed by atoms with Gasteiger partial charge in [0.15, 0.2) is 0 Å². The highest BCUT2D eigenvalue weighted by atomic mass is 16.1. The van der Waals surface area contributed by atoms with E-state index >= 15 is 0 Å². The molecular weight excluding hydrogens is 224 g/mol. The summed E-state index contributed by atoms with van der Waals surface area (Å²) >= 11 is 0. The van der Waals surface area contributed by atoms with Crippen LogP contribution in [0.2, 0.25) is 0 Å². The second-order valence-electron chi connectivity index (χ2n) is 5.09. The smallest absolute Gasteiger partial charge is 0.209 e. The van der Waals surface area contributed by atoms with E-state index in [2.05, 4.69) is 49.9 Å². The predicted molar refractivity (Wildman–Crippen MR) is 75.4 cm³/mol. The maximum absolute atomic E-state index is 10.6. The highest BCUT2D eigenvalue weighted by molar-refractivity contribution is 5.46. The quantitative estimate of drug-likeness (QED) is 0.691. The van der Waals surface area contributed by atoms with Crippen LogP contribution >= 0.6 is 0 Å². The molecule has 0 bridgehead atoms. The molecule has 100 valence electrons. The summed E-state index contributed by atoms with van der Waals surface area (Å²) < 4.78 is 0. The van der Waals surface area contributed by atoms with Gasteiger partial charge in [-0.3, -0.25) is 9.69 Å². The number of rotatable bonds is 7. The van der Waals surface area contributed by atoms with Crippen LogP contribution in [0.15, 0.2) is 30.3 Å². The second-order valence-corrected chi connectivity index (χ2v) is 5.09. The Morgan fingerprint density at radius 1 is 1.17 bits per heavy atom. The van der Waals surface area contributed by atoms with E-state index in [9.17, 15) is 4.79 Å². The number of carbonyl (C=O) groups excluding carboxylic acids is 1. The maximum atomic E-state index is 10.6. The van der Waals surface area contributed by atoms with E-state index in [0.29, 0.717) is 0 Å². The normalized spacial score (nSPS) is 11.6. The van der Waals surface area contributed by atoms with Gasteiger partial charge in [-0.05, 0) is 26.0 Å². The van der Waals surface area contributed by atoms with Gasteiger partial charge in [0.1, 0.15) is 0 Å². The van der Waals surface area contributed by atoms with Crippen molar-refractivity contribution in [1.29, 1.82) is 0 Å². The average Bonchev–Trinajstić information content (AvgIpc) is 2.39.